The zero-order valence-electron chi connectivity index (χ0n) is 10.4. The number of carbonyl (C=O) groups is 1. The molecule has 0 aromatic heterocycles. The summed E-state index contributed by atoms with van der Waals surface area (Å²) in [5, 5.41) is 6.26. The maximum Gasteiger partial charge on any atom is 0.222 e. The summed E-state index contributed by atoms with van der Waals surface area (Å²) in [7, 11) is 0. The second-order valence-electron chi connectivity index (χ2n) is 4.69. The fraction of sp³-hybridized carbons (Fsp3) is 0.917. The van der Waals surface area contributed by atoms with Gasteiger partial charge in [-0.1, -0.05) is 6.42 Å². The van der Waals surface area contributed by atoms with Crippen LogP contribution in [0.25, 0.3) is 0 Å². The molecule has 2 N–H and O–H groups in total. The summed E-state index contributed by atoms with van der Waals surface area (Å²) in [5.74, 6) is 0.0756. The van der Waals surface area contributed by atoms with Gasteiger partial charge >= 0.3 is 0 Å². The summed E-state index contributed by atoms with van der Waals surface area (Å²) in [6.07, 6.45) is 4.21. The van der Waals surface area contributed by atoms with Crippen LogP contribution in [0, 0.1) is 0 Å². The van der Waals surface area contributed by atoms with Gasteiger partial charge in [0.1, 0.15) is 0 Å². The number of ether oxygens (including phenoxy) is 1. The van der Waals surface area contributed by atoms with Crippen molar-refractivity contribution >= 4 is 5.91 Å². The summed E-state index contributed by atoms with van der Waals surface area (Å²) in [4.78, 5) is 11.3. The normalized spacial score (nSPS) is 21.1. The van der Waals surface area contributed by atoms with Crippen LogP contribution in [0.3, 0.4) is 0 Å². The number of nitrogens with one attached hydrogen (secondary N) is 2. The molecule has 1 saturated heterocycles. The van der Waals surface area contributed by atoms with Crippen LogP contribution in [-0.4, -0.2) is 37.7 Å². The summed E-state index contributed by atoms with van der Waals surface area (Å²) in [6.45, 7) is 6.28. The minimum atomic E-state index is 0.0756. The van der Waals surface area contributed by atoms with E-state index in [9.17, 15) is 4.79 Å². The Kier molecular flexibility index (Phi) is 6.42. The van der Waals surface area contributed by atoms with E-state index in [-0.39, 0.29) is 11.9 Å². The number of piperidine rings is 1. The molecule has 1 atom stereocenters. The highest BCUT2D eigenvalue weighted by molar-refractivity contribution is 5.76. The molecule has 1 aliphatic rings. The Labute approximate surface area is 98.1 Å². The Morgan fingerprint density at radius 2 is 2.31 bits per heavy atom. The third-order valence-electron chi connectivity index (χ3n) is 2.65. The average Bonchev–Trinajstić information content (AvgIpc) is 2.25. The lowest BCUT2D eigenvalue weighted by Gasteiger charge is -2.23. The zero-order chi connectivity index (χ0) is 11.8. The highest BCUT2D eigenvalue weighted by Gasteiger charge is 2.12. The van der Waals surface area contributed by atoms with Crippen molar-refractivity contribution in [1.82, 2.24) is 10.6 Å². The number of rotatable bonds is 6. The molecular formula is C12H24N2O2. The minimum absolute atomic E-state index is 0.0756. The summed E-state index contributed by atoms with van der Waals surface area (Å²) in [5.41, 5.74) is 0. The van der Waals surface area contributed by atoms with E-state index in [0.717, 1.165) is 13.2 Å². The molecule has 1 rings (SSSR count). The van der Waals surface area contributed by atoms with Gasteiger partial charge in [-0.3, -0.25) is 4.79 Å². The summed E-state index contributed by atoms with van der Waals surface area (Å²) < 4.78 is 5.50. The largest absolute Gasteiger partial charge is 0.379 e. The Bertz CT molecular complexity index is 201. The number of hydrogen-bond donors (Lipinski definition) is 2. The van der Waals surface area contributed by atoms with Crippen molar-refractivity contribution < 1.29 is 9.53 Å². The second-order valence-corrected chi connectivity index (χ2v) is 4.69. The molecule has 0 aromatic rings. The van der Waals surface area contributed by atoms with Gasteiger partial charge in [-0.2, -0.15) is 0 Å². The molecule has 1 heterocycles. The smallest absolute Gasteiger partial charge is 0.222 e. The van der Waals surface area contributed by atoms with E-state index in [4.69, 9.17) is 4.74 Å². The Hall–Kier alpha value is -0.610. The maximum absolute atomic E-state index is 11.3. The van der Waals surface area contributed by atoms with E-state index in [2.05, 4.69) is 10.6 Å². The molecule has 0 bridgehead atoms. The Balaban J connectivity index is 1.96. The van der Waals surface area contributed by atoms with Crippen LogP contribution in [0.1, 0.15) is 39.5 Å². The van der Waals surface area contributed by atoms with Crippen LogP contribution < -0.4 is 10.6 Å². The van der Waals surface area contributed by atoms with Crippen molar-refractivity contribution in [2.24, 2.45) is 0 Å². The van der Waals surface area contributed by atoms with Crippen molar-refractivity contribution in [3.63, 3.8) is 0 Å². The van der Waals surface area contributed by atoms with Crippen molar-refractivity contribution in [3.05, 3.63) is 0 Å². The van der Waals surface area contributed by atoms with Gasteiger partial charge in [-0.25, -0.2) is 0 Å². The molecule has 94 valence electrons. The van der Waals surface area contributed by atoms with E-state index in [1.54, 1.807) is 0 Å². The van der Waals surface area contributed by atoms with Crippen molar-refractivity contribution in [1.29, 1.82) is 0 Å². The molecule has 16 heavy (non-hydrogen) atoms. The van der Waals surface area contributed by atoms with Crippen LogP contribution in [0.5, 0.6) is 0 Å². The Morgan fingerprint density at radius 3 is 2.94 bits per heavy atom. The van der Waals surface area contributed by atoms with Crippen molar-refractivity contribution in [2.75, 3.05) is 19.8 Å². The fourth-order valence-corrected chi connectivity index (χ4v) is 1.85. The van der Waals surface area contributed by atoms with Crippen LogP contribution in [0.4, 0.5) is 0 Å². The van der Waals surface area contributed by atoms with Gasteiger partial charge in [0.2, 0.25) is 5.91 Å². The maximum atomic E-state index is 11.3. The molecule has 1 aliphatic heterocycles. The van der Waals surface area contributed by atoms with Crippen molar-refractivity contribution in [3.8, 4) is 0 Å². The fourth-order valence-electron chi connectivity index (χ4n) is 1.85. The lowest BCUT2D eigenvalue weighted by atomic mass is 10.1. The van der Waals surface area contributed by atoms with Gasteiger partial charge < -0.3 is 15.4 Å². The lowest BCUT2D eigenvalue weighted by Crippen LogP contribution is -2.38. The summed E-state index contributed by atoms with van der Waals surface area (Å²) in [6, 6.07) is 0.703. The van der Waals surface area contributed by atoms with Gasteiger partial charge in [-0.05, 0) is 33.2 Å². The first kappa shape index (κ1) is 13.5. The monoisotopic (exact) mass is 228 g/mol. The minimum Gasteiger partial charge on any atom is -0.379 e. The highest BCUT2D eigenvalue weighted by atomic mass is 16.5. The van der Waals surface area contributed by atoms with Gasteiger partial charge in [0.25, 0.3) is 0 Å². The molecule has 1 amide bonds. The van der Waals surface area contributed by atoms with Crippen LogP contribution in [0.2, 0.25) is 0 Å². The van der Waals surface area contributed by atoms with Gasteiger partial charge in [-0.15, -0.1) is 0 Å². The van der Waals surface area contributed by atoms with Crippen molar-refractivity contribution in [2.45, 2.75) is 51.6 Å². The Morgan fingerprint density at radius 1 is 1.50 bits per heavy atom. The third-order valence-corrected chi connectivity index (χ3v) is 2.65. The van der Waals surface area contributed by atoms with E-state index in [1.165, 1.54) is 19.3 Å². The summed E-state index contributed by atoms with van der Waals surface area (Å²) >= 11 is 0. The first-order chi connectivity index (χ1) is 7.68. The molecule has 0 radical (unpaired) electrons. The average molecular weight is 228 g/mol. The van der Waals surface area contributed by atoms with E-state index in [1.807, 2.05) is 13.8 Å². The standard InChI is InChI=1S/C12H24N2O2/c1-10(2)14-12(15)6-8-16-9-11-5-3-4-7-13-11/h10-11,13H,3-9H2,1-2H3,(H,14,15). The predicted molar refractivity (Wildman–Crippen MR) is 64.4 cm³/mol. The molecular weight excluding hydrogens is 204 g/mol. The van der Waals surface area contributed by atoms with Gasteiger partial charge in [0, 0.05) is 18.5 Å². The first-order valence-electron chi connectivity index (χ1n) is 6.29. The molecule has 1 fully saturated rings. The highest BCUT2D eigenvalue weighted by Crippen LogP contribution is 2.06. The molecule has 4 nitrogen and oxygen atoms in total. The van der Waals surface area contributed by atoms with Crippen LogP contribution >= 0.6 is 0 Å². The topological polar surface area (TPSA) is 50.4 Å². The van der Waals surface area contributed by atoms with Crippen LogP contribution in [0.15, 0.2) is 0 Å². The molecule has 0 aromatic carbocycles. The molecule has 4 heteroatoms. The first-order valence-corrected chi connectivity index (χ1v) is 6.29. The molecule has 0 aliphatic carbocycles. The zero-order valence-corrected chi connectivity index (χ0v) is 10.4. The van der Waals surface area contributed by atoms with E-state index in [0.29, 0.717) is 19.1 Å². The second kappa shape index (κ2) is 7.63. The quantitative estimate of drug-likeness (QED) is 0.668. The number of hydrogen-bond acceptors (Lipinski definition) is 3. The molecule has 1 unspecified atom stereocenters. The third kappa shape index (κ3) is 6.08. The van der Waals surface area contributed by atoms with E-state index < -0.39 is 0 Å². The number of carbonyl (C=O) groups excluding carboxylic acids is 1. The SMILES string of the molecule is CC(C)NC(=O)CCOCC1CCCCN1. The predicted octanol–water partition coefficient (Wildman–Crippen LogP) is 1.06. The molecule has 0 spiro atoms. The lowest BCUT2D eigenvalue weighted by molar-refractivity contribution is -0.122. The van der Waals surface area contributed by atoms with Gasteiger partial charge in [0.05, 0.1) is 13.2 Å². The number of amides is 1. The van der Waals surface area contributed by atoms with E-state index >= 15 is 0 Å². The van der Waals surface area contributed by atoms with Crippen LogP contribution in [-0.2, 0) is 9.53 Å². The molecule has 0 saturated carbocycles. The van der Waals surface area contributed by atoms with Gasteiger partial charge in [0.15, 0.2) is 0 Å².